The van der Waals surface area contributed by atoms with Gasteiger partial charge in [0.2, 0.25) is 0 Å². The molecule has 1 N–H and O–H groups in total. The SMILES string of the molecule is N#Cc1ccc(NCC2CSCCS2)c(F)c1Br. The Morgan fingerprint density at radius 2 is 2.33 bits per heavy atom. The zero-order valence-electron chi connectivity index (χ0n) is 9.58. The molecule has 2 nitrogen and oxygen atoms in total. The molecular formula is C12H12BrFN2S2. The molecule has 1 unspecified atom stereocenters. The second-order valence-corrected chi connectivity index (χ2v) is 7.20. The highest BCUT2D eigenvalue weighted by atomic mass is 79.9. The van der Waals surface area contributed by atoms with E-state index >= 15 is 0 Å². The van der Waals surface area contributed by atoms with Gasteiger partial charge in [-0.3, -0.25) is 0 Å². The van der Waals surface area contributed by atoms with Gasteiger partial charge in [0.25, 0.3) is 0 Å². The molecule has 2 rings (SSSR count). The van der Waals surface area contributed by atoms with Crippen LogP contribution in [-0.4, -0.2) is 29.1 Å². The predicted molar refractivity (Wildman–Crippen MR) is 80.9 cm³/mol. The van der Waals surface area contributed by atoms with Crippen molar-refractivity contribution < 1.29 is 4.39 Å². The Hall–Kier alpha value is -0.380. The molecule has 96 valence electrons. The van der Waals surface area contributed by atoms with E-state index in [1.165, 1.54) is 5.75 Å². The van der Waals surface area contributed by atoms with Gasteiger partial charge in [0.1, 0.15) is 6.07 Å². The van der Waals surface area contributed by atoms with E-state index in [0.29, 0.717) is 16.5 Å². The van der Waals surface area contributed by atoms with Gasteiger partial charge in [-0.25, -0.2) is 4.39 Å². The molecule has 0 aromatic heterocycles. The fourth-order valence-electron chi connectivity index (χ4n) is 1.65. The maximum atomic E-state index is 13.9. The van der Waals surface area contributed by atoms with Crippen molar-refractivity contribution in [3.8, 4) is 6.07 Å². The number of hydrogen-bond donors (Lipinski definition) is 1. The molecule has 1 aromatic carbocycles. The second-order valence-electron chi connectivity index (χ2n) is 3.85. The van der Waals surface area contributed by atoms with E-state index in [9.17, 15) is 4.39 Å². The number of rotatable bonds is 3. The Morgan fingerprint density at radius 3 is 3.00 bits per heavy atom. The smallest absolute Gasteiger partial charge is 0.161 e. The van der Waals surface area contributed by atoms with Crippen molar-refractivity contribution >= 4 is 45.1 Å². The number of hydrogen-bond acceptors (Lipinski definition) is 4. The Kier molecular flexibility index (Phi) is 5.22. The Labute approximate surface area is 123 Å². The van der Waals surface area contributed by atoms with Crippen LogP contribution in [-0.2, 0) is 0 Å². The summed E-state index contributed by atoms with van der Waals surface area (Å²) in [7, 11) is 0. The average Bonchev–Trinajstić information content (AvgIpc) is 2.42. The molecule has 0 spiro atoms. The largest absolute Gasteiger partial charge is 0.382 e. The van der Waals surface area contributed by atoms with Crippen molar-refractivity contribution in [3.63, 3.8) is 0 Å². The summed E-state index contributed by atoms with van der Waals surface area (Å²) >= 11 is 6.99. The molecule has 1 aliphatic heterocycles. The molecule has 1 aromatic rings. The highest BCUT2D eigenvalue weighted by molar-refractivity contribution is 9.10. The van der Waals surface area contributed by atoms with Crippen molar-refractivity contribution in [2.24, 2.45) is 0 Å². The van der Waals surface area contributed by atoms with Crippen LogP contribution >= 0.6 is 39.5 Å². The third-order valence-corrected chi connectivity index (χ3v) is 6.23. The molecule has 1 fully saturated rings. The molecule has 0 saturated carbocycles. The summed E-state index contributed by atoms with van der Waals surface area (Å²) in [4.78, 5) is 0. The molecule has 1 atom stereocenters. The monoisotopic (exact) mass is 346 g/mol. The van der Waals surface area contributed by atoms with Crippen LogP contribution < -0.4 is 5.32 Å². The highest BCUT2D eigenvalue weighted by Crippen LogP contribution is 2.28. The summed E-state index contributed by atoms with van der Waals surface area (Å²) in [6.45, 7) is 0.757. The highest BCUT2D eigenvalue weighted by Gasteiger charge is 2.16. The minimum Gasteiger partial charge on any atom is -0.382 e. The number of benzene rings is 1. The van der Waals surface area contributed by atoms with Crippen molar-refractivity contribution in [1.29, 1.82) is 5.26 Å². The molecular weight excluding hydrogens is 335 g/mol. The third-order valence-electron chi connectivity index (χ3n) is 2.61. The van der Waals surface area contributed by atoms with Gasteiger partial charge in [0.05, 0.1) is 15.7 Å². The number of nitrogens with one attached hydrogen (secondary N) is 1. The van der Waals surface area contributed by atoms with Crippen molar-refractivity contribution in [1.82, 2.24) is 0 Å². The fraction of sp³-hybridized carbons (Fsp3) is 0.417. The van der Waals surface area contributed by atoms with Gasteiger partial charge in [0, 0.05) is 29.1 Å². The van der Waals surface area contributed by atoms with E-state index in [0.717, 1.165) is 18.1 Å². The molecule has 0 radical (unpaired) electrons. The molecule has 18 heavy (non-hydrogen) atoms. The minimum atomic E-state index is -0.387. The van der Waals surface area contributed by atoms with Crippen LogP contribution in [0.1, 0.15) is 5.56 Å². The molecule has 0 bridgehead atoms. The van der Waals surface area contributed by atoms with E-state index < -0.39 is 0 Å². The van der Waals surface area contributed by atoms with Crippen LogP contribution in [0, 0.1) is 17.1 Å². The maximum Gasteiger partial charge on any atom is 0.161 e. The fourth-order valence-corrected chi connectivity index (χ4v) is 4.70. The first-order valence-electron chi connectivity index (χ1n) is 5.53. The Bertz CT molecular complexity index is 470. The summed E-state index contributed by atoms with van der Waals surface area (Å²) in [5.41, 5.74) is 0.776. The maximum absolute atomic E-state index is 13.9. The molecule has 1 saturated heterocycles. The third kappa shape index (κ3) is 3.34. The zero-order chi connectivity index (χ0) is 13.0. The van der Waals surface area contributed by atoms with Gasteiger partial charge in [-0.15, -0.1) is 0 Å². The first-order chi connectivity index (χ1) is 8.72. The van der Waals surface area contributed by atoms with Crippen molar-refractivity contribution in [2.45, 2.75) is 5.25 Å². The standard InChI is InChI=1S/C12H12BrFN2S2/c13-11-8(5-15)1-2-10(12(11)14)16-6-9-7-17-3-4-18-9/h1-2,9,16H,3-4,6-7H2. The lowest BCUT2D eigenvalue weighted by Gasteiger charge is -2.22. The van der Waals surface area contributed by atoms with Gasteiger partial charge >= 0.3 is 0 Å². The predicted octanol–water partition coefficient (Wildman–Crippen LogP) is 3.72. The summed E-state index contributed by atoms with van der Waals surface area (Å²) in [5, 5.41) is 12.4. The Balaban J connectivity index is 2.01. The zero-order valence-corrected chi connectivity index (χ0v) is 12.8. The lowest BCUT2D eigenvalue weighted by Crippen LogP contribution is -2.23. The van der Waals surface area contributed by atoms with Crippen LogP contribution in [0.3, 0.4) is 0 Å². The number of nitrogens with zero attached hydrogens (tertiary/aromatic N) is 1. The van der Waals surface area contributed by atoms with E-state index in [1.807, 2.05) is 29.6 Å². The number of halogens is 2. The van der Waals surface area contributed by atoms with Crippen LogP contribution in [0.15, 0.2) is 16.6 Å². The molecule has 1 aliphatic rings. The molecule has 1 heterocycles. The van der Waals surface area contributed by atoms with E-state index in [1.54, 1.807) is 12.1 Å². The second kappa shape index (κ2) is 6.69. The van der Waals surface area contributed by atoms with Gasteiger partial charge in [-0.05, 0) is 28.1 Å². The summed E-state index contributed by atoms with van der Waals surface area (Å²) < 4.78 is 14.2. The number of anilines is 1. The normalized spacial score (nSPS) is 19.3. The molecule has 6 heteroatoms. The van der Waals surface area contributed by atoms with Gasteiger partial charge in [-0.1, -0.05) is 0 Å². The average molecular weight is 347 g/mol. The summed E-state index contributed by atoms with van der Waals surface area (Å²) in [6.07, 6.45) is 0. The quantitative estimate of drug-likeness (QED) is 0.904. The first kappa shape index (κ1) is 14.0. The van der Waals surface area contributed by atoms with E-state index in [-0.39, 0.29) is 10.3 Å². The first-order valence-corrected chi connectivity index (χ1v) is 8.53. The summed E-state index contributed by atoms with van der Waals surface area (Å²) in [5.74, 6) is 3.09. The molecule has 0 aliphatic carbocycles. The van der Waals surface area contributed by atoms with Crippen molar-refractivity contribution in [3.05, 3.63) is 28.0 Å². The molecule has 0 amide bonds. The lowest BCUT2D eigenvalue weighted by atomic mass is 10.2. The summed E-state index contributed by atoms with van der Waals surface area (Å²) in [6, 6.07) is 5.19. The number of thioether (sulfide) groups is 2. The van der Waals surface area contributed by atoms with Gasteiger partial charge in [-0.2, -0.15) is 28.8 Å². The van der Waals surface area contributed by atoms with E-state index in [4.69, 9.17) is 5.26 Å². The number of nitriles is 1. The van der Waals surface area contributed by atoms with Crippen molar-refractivity contribution in [2.75, 3.05) is 29.1 Å². The van der Waals surface area contributed by atoms with Crippen LogP contribution in [0.2, 0.25) is 0 Å². The van der Waals surface area contributed by atoms with E-state index in [2.05, 4.69) is 21.2 Å². The van der Waals surface area contributed by atoms with Crippen LogP contribution in [0.4, 0.5) is 10.1 Å². The Morgan fingerprint density at radius 1 is 1.50 bits per heavy atom. The lowest BCUT2D eigenvalue weighted by molar-refractivity contribution is 0.623. The van der Waals surface area contributed by atoms with Crippen LogP contribution in [0.25, 0.3) is 0 Å². The van der Waals surface area contributed by atoms with Gasteiger partial charge in [0.15, 0.2) is 5.82 Å². The topological polar surface area (TPSA) is 35.8 Å². The minimum absolute atomic E-state index is 0.237. The van der Waals surface area contributed by atoms with Gasteiger partial charge < -0.3 is 5.32 Å². The van der Waals surface area contributed by atoms with Crippen LogP contribution in [0.5, 0.6) is 0 Å².